The first-order valence-corrected chi connectivity index (χ1v) is 14.3. The molecule has 37 heavy (non-hydrogen) atoms. The fraction of sp³-hybridized carbons (Fsp3) is 0.429. The van der Waals surface area contributed by atoms with Gasteiger partial charge in [-0.3, -0.25) is 14.2 Å². The van der Waals surface area contributed by atoms with Crippen molar-refractivity contribution in [1.29, 1.82) is 0 Å². The van der Waals surface area contributed by atoms with E-state index < -0.39 is 0 Å². The predicted molar refractivity (Wildman–Crippen MR) is 149 cm³/mol. The van der Waals surface area contributed by atoms with Crippen LogP contribution in [0.25, 0.3) is 17.1 Å². The van der Waals surface area contributed by atoms with Crippen LogP contribution in [-0.4, -0.2) is 67.8 Å². The summed E-state index contributed by atoms with van der Waals surface area (Å²) in [5, 5.41) is 10.4. The van der Waals surface area contributed by atoms with Crippen LogP contribution in [-0.2, 0) is 9.59 Å². The van der Waals surface area contributed by atoms with Crippen LogP contribution in [0.3, 0.4) is 0 Å². The third-order valence-electron chi connectivity index (χ3n) is 6.56. The third kappa shape index (κ3) is 6.93. The van der Waals surface area contributed by atoms with Gasteiger partial charge >= 0.3 is 0 Å². The first-order chi connectivity index (χ1) is 18.0. The number of aromatic nitrogens is 3. The van der Waals surface area contributed by atoms with Crippen LogP contribution in [0.15, 0.2) is 59.8 Å². The van der Waals surface area contributed by atoms with Crippen molar-refractivity contribution in [1.82, 2.24) is 24.6 Å². The molecule has 1 aromatic heterocycles. The Kier molecular flexibility index (Phi) is 9.63. The minimum absolute atomic E-state index is 0.0622. The molecule has 0 bridgehead atoms. The van der Waals surface area contributed by atoms with Crippen molar-refractivity contribution in [3.63, 3.8) is 0 Å². The van der Waals surface area contributed by atoms with E-state index in [-0.39, 0.29) is 17.9 Å². The van der Waals surface area contributed by atoms with Crippen LogP contribution in [0.2, 0.25) is 5.02 Å². The van der Waals surface area contributed by atoms with E-state index in [0.717, 1.165) is 47.2 Å². The average molecular weight is 540 g/mol. The molecule has 1 aliphatic heterocycles. The number of hydrogen-bond acceptors (Lipinski definition) is 5. The minimum Gasteiger partial charge on any atom is -0.339 e. The summed E-state index contributed by atoms with van der Waals surface area (Å²) in [5.74, 6) is 1.86. The molecule has 1 unspecified atom stereocenters. The Hall–Kier alpha value is -2.84. The highest BCUT2D eigenvalue weighted by atomic mass is 35.5. The maximum Gasteiger partial charge on any atom is 0.222 e. The van der Waals surface area contributed by atoms with E-state index >= 15 is 0 Å². The highest BCUT2D eigenvalue weighted by Gasteiger charge is 2.29. The van der Waals surface area contributed by atoms with E-state index in [1.54, 1.807) is 11.8 Å². The zero-order valence-corrected chi connectivity index (χ0v) is 23.0. The maximum absolute atomic E-state index is 12.9. The molecule has 3 aromatic rings. The van der Waals surface area contributed by atoms with Gasteiger partial charge in [-0.05, 0) is 56.2 Å². The number of carbonyl (C=O) groups excluding carboxylic acids is 2. The molecule has 0 aliphatic carbocycles. The Morgan fingerprint density at radius 1 is 0.973 bits per heavy atom. The first-order valence-electron chi connectivity index (χ1n) is 12.9. The molecule has 2 aromatic carbocycles. The van der Waals surface area contributed by atoms with Gasteiger partial charge in [0.2, 0.25) is 11.8 Å². The van der Waals surface area contributed by atoms with Crippen LogP contribution in [0, 0.1) is 0 Å². The van der Waals surface area contributed by atoms with E-state index in [2.05, 4.69) is 17.1 Å². The molecule has 9 heteroatoms. The Balaban J connectivity index is 1.34. The molecule has 0 N–H and O–H groups in total. The second-order valence-corrected chi connectivity index (χ2v) is 10.8. The van der Waals surface area contributed by atoms with Crippen LogP contribution in [0.5, 0.6) is 0 Å². The smallest absolute Gasteiger partial charge is 0.222 e. The molecule has 196 valence electrons. The van der Waals surface area contributed by atoms with Crippen LogP contribution >= 0.6 is 23.4 Å². The van der Waals surface area contributed by atoms with Gasteiger partial charge in [-0.2, -0.15) is 0 Å². The number of thioether (sulfide) groups is 1. The topological polar surface area (TPSA) is 71.3 Å². The molecule has 1 saturated heterocycles. The zero-order valence-electron chi connectivity index (χ0n) is 21.5. The molecule has 0 saturated carbocycles. The SMILES string of the molecule is CCCCC(=O)N1CCN(C(=O)CCCSc2nnc(-c3ccc(Cl)cc3)n2-c2ccccc2)CC1C. The molecule has 4 rings (SSSR count). The van der Waals surface area contributed by atoms with Crippen molar-refractivity contribution in [2.75, 3.05) is 25.4 Å². The number of nitrogens with zero attached hydrogens (tertiary/aromatic N) is 5. The Labute approximate surface area is 228 Å². The number of halogens is 1. The normalized spacial score (nSPS) is 15.7. The molecular weight excluding hydrogens is 506 g/mol. The van der Waals surface area contributed by atoms with E-state index in [1.807, 2.05) is 75.9 Å². The summed E-state index contributed by atoms with van der Waals surface area (Å²) < 4.78 is 2.05. The van der Waals surface area contributed by atoms with Gasteiger partial charge in [-0.25, -0.2) is 0 Å². The summed E-state index contributed by atoms with van der Waals surface area (Å²) in [5.41, 5.74) is 1.92. The van der Waals surface area contributed by atoms with Crippen molar-refractivity contribution < 1.29 is 9.59 Å². The van der Waals surface area contributed by atoms with Crippen molar-refractivity contribution in [2.45, 2.75) is 57.1 Å². The van der Waals surface area contributed by atoms with Crippen LogP contribution in [0.1, 0.15) is 46.0 Å². The maximum atomic E-state index is 12.9. The Morgan fingerprint density at radius 2 is 1.70 bits per heavy atom. The fourth-order valence-electron chi connectivity index (χ4n) is 4.53. The second-order valence-electron chi connectivity index (χ2n) is 9.32. The second kappa shape index (κ2) is 13.1. The number of rotatable bonds is 10. The number of piperazine rings is 1. The molecular formula is C28H34ClN5O2S. The number of unbranched alkanes of at least 4 members (excludes halogenated alkanes) is 1. The van der Waals surface area contributed by atoms with E-state index in [0.29, 0.717) is 37.5 Å². The van der Waals surface area contributed by atoms with Crippen LogP contribution in [0.4, 0.5) is 0 Å². The number of carbonyl (C=O) groups is 2. The van der Waals surface area contributed by atoms with Crippen molar-refractivity contribution in [3.8, 4) is 17.1 Å². The third-order valence-corrected chi connectivity index (χ3v) is 7.83. The Morgan fingerprint density at radius 3 is 2.41 bits per heavy atom. The van der Waals surface area contributed by atoms with Gasteiger partial charge in [-0.15, -0.1) is 10.2 Å². The Bertz CT molecular complexity index is 1190. The summed E-state index contributed by atoms with van der Waals surface area (Å²) in [7, 11) is 0. The lowest BCUT2D eigenvalue weighted by molar-refractivity contribution is -0.142. The molecule has 0 spiro atoms. The first kappa shape index (κ1) is 27.2. The van der Waals surface area contributed by atoms with E-state index in [9.17, 15) is 9.59 Å². The van der Waals surface area contributed by atoms with Gasteiger partial charge in [0.15, 0.2) is 11.0 Å². The van der Waals surface area contributed by atoms with Crippen molar-refractivity contribution in [2.24, 2.45) is 0 Å². The quantitative estimate of drug-likeness (QED) is 0.244. The standard InChI is InChI=1S/C28H34ClN5O2S/c1-3-4-11-26(36)33-18-17-32(20-21(33)2)25(35)12-8-19-37-28-31-30-27(22-13-15-23(29)16-14-22)34(28)24-9-6-5-7-10-24/h5-7,9-10,13-16,21H,3-4,8,11-12,17-20H2,1-2H3. The van der Waals surface area contributed by atoms with Gasteiger partial charge in [-0.1, -0.05) is 54.9 Å². The molecule has 7 nitrogen and oxygen atoms in total. The summed E-state index contributed by atoms with van der Waals surface area (Å²) in [6, 6.07) is 17.7. The lowest BCUT2D eigenvalue weighted by Gasteiger charge is -2.40. The molecule has 1 aliphatic rings. The number of amides is 2. The summed E-state index contributed by atoms with van der Waals surface area (Å²) >= 11 is 7.68. The molecule has 1 fully saturated rings. The minimum atomic E-state index is 0.0622. The molecule has 2 amide bonds. The number of hydrogen-bond donors (Lipinski definition) is 0. The average Bonchev–Trinajstić information content (AvgIpc) is 3.34. The fourth-order valence-corrected chi connectivity index (χ4v) is 5.55. The number of para-hydroxylation sites is 1. The van der Waals surface area contributed by atoms with Gasteiger partial charge < -0.3 is 9.80 Å². The van der Waals surface area contributed by atoms with Gasteiger partial charge in [0.1, 0.15) is 0 Å². The monoisotopic (exact) mass is 539 g/mol. The summed E-state index contributed by atoms with van der Waals surface area (Å²) in [4.78, 5) is 29.1. The summed E-state index contributed by atoms with van der Waals surface area (Å²) in [6.07, 6.45) is 3.75. The van der Waals surface area contributed by atoms with E-state index in [1.165, 1.54) is 0 Å². The van der Waals surface area contributed by atoms with Gasteiger partial charge in [0.05, 0.1) is 0 Å². The summed E-state index contributed by atoms with van der Waals surface area (Å²) in [6.45, 7) is 5.97. The lowest BCUT2D eigenvalue weighted by Crippen LogP contribution is -2.55. The zero-order chi connectivity index (χ0) is 26.2. The van der Waals surface area contributed by atoms with Crippen molar-refractivity contribution >= 4 is 35.2 Å². The van der Waals surface area contributed by atoms with Crippen LogP contribution < -0.4 is 0 Å². The lowest BCUT2D eigenvalue weighted by atomic mass is 10.1. The van der Waals surface area contributed by atoms with Crippen molar-refractivity contribution in [3.05, 3.63) is 59.6 Å². The molecule has 0 radical (unpaired) electrons. The van der Waals surface area contributed by atoms with Gasteiger partial charge in [0.25, 0.3) is 0 Å². The van der Waals surface area contributed by atoms with Gasteiger partial charge in [0, 0.05) is 60.5 Å². The highest BCUT2D eigenvalue weighted by Crippen LogP contribution is 2.29. The molecule has 1 atom stereocenters. The van der Waals surface area contributed by atoms with E-state index in [4.69, 9.17) is 11.6 Å². The number of benzene rings is 2. The predicted octanol–water partition coefficient (Wildman–Crippen LogP) is 5.71. The largest absolute Gasteiger partial charge is 0.339 e. The highest BCUT2D eigenvalue weighted by molar-refractivity contribution is 7.99. The molecule has 2 heterocycles.